The molecule has 0 atom stereocenters. The zero-order valence-electron chi connectivity index (χ0n) is 15.5. The van der Waals surface area contributed by atoms with Crippen molar-refractivity contribution in [3.8, 4) is 6.07 Å². The van der Waals surface area contributed by atoms with Crippen LogP contribution in [0.2, 0.25) is 0 Å². The highest BCUT2D eigenvalue weighted by molar-refractivity contribution is 5.53. The maximum Gasteiger partial charge on any atom is 0.328 e. The number of hydrogen-bond donors (Lipinski definition) is 1. The van der Waals surface area contributed by atoms with Gasteiger partial charge in [0.15, 0.2) is 0 Å². The van der Waals surface area contributed by atoms with Gasteiger partial charge < -0.3 is 9.47 Å². The third-order valence-electron chi connectivity index (χ3n) is 4.89. The first kappa shape index (κ1) is 18.9. The molecule has 2 aromatic rings. The summed E-state index contributed by atoms with van der Waals surface area (Å²) >= 11 is 0. The summed E-state index contributed by atoms with van der Waals surface area (Å²) in [5.41, 5.74) is 0.508. The van der Waals surface area contributed by atoms with Crippen LogP contribution in [0.15, 0.2) is 34.1 Å². The lowest BCUT2D eigenvalue weighted by Crippen LogP contribution is -2.47. The largest absolute Gasteiger partial charge is 0.353 e. The van der Waals surface area contributed by atoms with Gasteiger partial charge in [0.1, 0.15) is 11.9 Å². The van der Waals surface area contributed by atoms with Crippen molar-refractivity contribution in [2.45, 2.75) is 26.3 Å². The number of nitrogens with one attached hydrogen (secondary N) is 1. The maximum absolute atomic E-state index is 11.8. The zero-order valence-corrected chi connectivity index (χ0v) is 15.5. The average Bonchev–Trinajstić information content (AvgIpc) is 2.69. The number of unbranched alkanes of at least 4 members (excludes halogenated alkanes) is 1. The van der Waals surface area contributed by atoms with Crippen molar-refractivity contribution >= 4 is 5.82 Å². The summed E-state index contributed by atoms with van der Waals surface area (Å²) in [6, 6.07) is 5.79. The molecule has 1 fully saturated rings. The molecule has 1 saturated heterocycles. The molecule has 2 aromatic heterocycles. The number of aryl methyl sites for hydroxylation is 2. The Morgan fingerprint density at radius 2 is 1.93 bits per heavy atom. The summed E-state index contributed by atoms with van der Waals surface area (Å²) in [5.74, 6) is 0.771. The second-order valence-corrected chi connectivity index (χ2v) is 6.79. The fraction of sp³-hybridized carbons (Fsp3) is 0.474. The number of nitriles is 1. The first-order valence-electron chi connectivity index (χ1n) is 9.21. The molecular formula is C19H24N6O2. The van der Waals surface area contributed by atoms with Crippen LogP contribution in [-0.2, 0) is 6.54 Å². The fourth-order valence-corrected chi connectivity index (χ4v) is 3.32. The van der Waals surface area contributed by atoms with Gasteiger partial charge in [-0.1, -0.05) is 0 Å². The molecule has 0 spiro atoms. The Hall–Kier alpha value is -2.92. The third-order valence-corrected chi connectivity index (χ3v) is 4.89. The number of piperazine rings is 1. The Bertz CT molecular complexity index is 934. The predicted molar refractivity (Wildman–Crippen MR) is 103 cm³/mol. The second kappa shape index (κ2) is 8.64. The van der Waals surface area contributed by atoms with E-state index in [1.165, 1.54) is 0 Å². The van der Waals surface area contributed by atoms with Gasteiger partial charge in [-0.3, -0.25) is 14.7 Å². The van der Waals surface area contributed by atoms with Crippen LogP contribution in [0.5, 0.6) is 0 Å². The third kappa shape index (κ3) is 4.63. The van der Waals surface area contributed by atoms with Crippen LogP contribution in [0.25, 0.3) is 0 Å². The fourth-order valence-electron chi connectivity index (χ4n) is 3.32. The van der Waals surface area contributed by atoms with Gasteiger partial charge in [-0.15, -0.1) is 0 Å². The SMILES string of the molecule is Cc1cn(CCCCN2CCN(c3ncccc3C#N)CC2)c(=O)[nH]c1=O. The van der Waals surface area contributed by atoms with Crippen molar-refractivity contribution in [1.82, 2.24) is 19.4 Å². The number of pyridine rings is 1. The highest BCUT2D eigenvalue weighted by Gasteiger charge is 2.19. The molecule has 8 nitrogen and oxygen atoms in total. The molecular weight excluding hydrogens is 344 g/mol. The predicted octanol–water partition coefficient (Wildman–Crippen LogP) is 0.714. The lowest BCUT2D eigenvalue weighted by molar-refractivity contribution is 0.250. The van der Waals surface area contributed by atoms with Crippen molar-refractivity contribution in [2.75, 3.05) is 37.6 Å². The highest BCUT2D eigenvalue weighted by Crippen LogP contribution is 2.18. The van der Waals surface area contributed by atoms with Crippen LogP contribution < -0.4 is 16.1 Å². The van der Waals surface area contributed by atoms with Gasteiger partial charge in [0.05, 0.1) is 5.56 Å². The number of hydrogen-bond acceptors (Lipinski definition) is 6. The minimum Gasteiger partial charge on any atom is -0.353 e. The molecule has 3 heterocycles. The molecule has 0 aromatic carbocycles. The number of aromatic amines is 1. The van der Waals surface area contributed by atoms with E-state index in [4.69, 9.17) is 0 Å². The number of anilines is 1. The molecule has 142 valence electrons. The molecule has 0 unspecified atom stereocenters. The van der Waals surface area contributed by atoms with Crippen molar-refractivity contribution in [1.29, 1.82) is 5.26 Å². The van der Waals surface area contributed by atoms with E-state index in [0.717, 1.165) is 51.4 Å². The molecule has 0 radical (unpaired) electrons. The molecule has 8 heteroatoms. The molecule has 1 N–H and O–H groups in total. The molecule has 1 aliphatic heterocycles. The molecule has 0 aliphatic carbocycles. The Kier molecular flexibility index (Phi) is 6.04. The van der Waals surface area contributed by atoms with Crippen LogP contribution in [0.3, 0.4) is 0 Å². The summed E-state index contributed by atoms with van der Waals surface area (Å²) in [6.07, 6.45) is 5.21. The van der Waals surface area contributed by atoms with Crippen LogP contribution in [0.4, 0.5) is 5.82 Å². The van der Waals surface area contributed by atoms with Gasteiger partial charge in [0, 0.05) is 50.7 Å². The molecule has 27 heavy (non-hydrogen) atoms. The van der Waals surface area contributed by atoms with Gasteiger partial charge >= 0.3 is 5.69 Å². The Labute approximate surface area is 157 Å². The first-order chi connectivity index (χ1) is 13.1. The average molecular weight is 368 g/mol. The van der Waals surface area contributed by atoms with E-state index < -0.39 is 0 Å². The topological polar surface area (TPSA) is 98.0 Å². The molecule has 3 rings (SSSR count). The normalized spacial score (nSPS) is 14.9. The summed E-state index contributed by atoms with van der Waals surface area (Å²) in [4.78, 5) is 34.4. The van der Waals surface area contributed by atoms with Gasteiger partial charge in [-0.25, -0.2) is 9.78 Å². The Morgan fingerprint density at radius 3 is 2.67 bits per heavy atom. The van der Waals surface area contributed by atoms with E-state index in [1.807, 2.05) is 0 Å². The number of aromatic nitrogens is 3. The molecule has 0 bridgehead atoms. The summed E-state index contributed by atoms with van der Waals surface area (Å²) < 4.78 is 1.57. The van der Waals surface area contributed by atoms with Crippen LogP contribution in [0, 0.1) is 18.3 Å². The van der Waals surface area contributed by atoms with Gasteiger partial charge in [-0.05, 0) is 38.4 Å². The smallest absolute Gasteiger partial charge is 0.328 e. The number of nitrogens with zero attached hydrogens (tertiary/aromatic N) is 5. The molecule has 0 amide bonds. The minimum atomic E-state index is -0.345. The summed E-state index contributed by atoms with van der Waals surface area (Å²) in [6.45, 7) is 6.84. The minimum absolute atomic E-state index is 0.318. The Morgan fingerprint density at radius 1 is 1.19 bits per heavy atom. The van der Waals surface area contributed by atoms with Gasteiger partial charge in [-0.2, -0.15) is 5.26 Å². The second-order valence-electron chi connectivity index (χ2n) is 6.79. The molecule has 1 aliphatic rings. The van der Waals surface area contributed by atoms with Crippen molar-refractivity contribution in [3.05, 3.63) is 56.5 Å². The zero-order chi connectivity index (χ0) is 19.2. The van der Waals surface area contributed by atoms with Crippen molar-refractivity contribution < 1.29 is 0 Å². The van der Waals surface area contributed by atoms with Crippen LogP contribution in [0.1, 0.15) is 24.0 Å². The van der Waals surface area contributed by atoms with Gasteiger partial charge in [0.25, 0.3) is 5.56 Å². The highest BCUT2D eigenvalue weighted by atomic mass is 16.2. The van der Waals surface area contributed by atoms with Crippen molar-refractivity contribution in [3.63, 3.8) is 0 Å². The summed E-state index contributed by atoms with van der Waals surface area (Å²) in [5, 5.41) is 9.22. The quantitative estimate of drug-likeness (QED) is 0.754. The van der Waals surface area contributed by atoms with Gasteiger partial charge in [0.2, 0.25) is 0 Å². The maximum atomic E-state index is 11.8. The van der Waals surface area contributed by atoms with E-state index in [0.29, 0.717) is 17.7 Å². The molecule has 0 saturated carbocycles. The van der Waals surface area contributed by atoms with E-state index in [-0.39, 0.29) is 11.2 Å². The van der Waals surface area contributed by atoms with E-state index in [2.05, 4.69) is 25.8 Å². The van der Waals surface area contributed by atoms with E-state index >= 15 is 0 Å². The Balaban J connectivity index is 1.44. The monoisotopic (exact) mass is 368 g/mol. The van der Waals surface area contributed by atoms with E-state index in [9.17, 15) is 14.9 Å². The van der Waals surface area contributed by atoms with Crippen LogP contribution >= 0.6 is 0 Å². The van der Waals surface area contributed by atoms with E-state index in [1.54, 1.807) is 36.0 Å². The first-order valence-corrected chi connectivity index (χ1v) is 9.21. The lowest BCUT2D eigenvalue weighted by atomic mass is 10.2. The number of rotatable bonds is 6. The van der Waals surface area contributed by atoms with Crippen molar-refractivity contribution in [2.24, 2.45) is 0 Å². The van der Waals surface area contributed by atoms with Crippen LogP contribution in [-0.4, -0.2) is 52.2 Å². The standard InChI is InChI=1S/C19H24N6O2/c1-15-14-25(19(27)22-18(15)26)8-3-2-7-23-9-11-24(12-10-23)17-16(13-20)5-4-6-21-17/h4-6,14H,2-3,7-12H2,1H3,(H,22,26,27). The lowest BCUT2D eigenvalue weighted by Gasteiger charge is -2.35. The summed E-state index contributed by atoms with van der Waals surface area (Å²) in [7, 11) is 0. The number of H-pyrrole nitrogens is 1.